The number of carbonyl (C=O) groups excluding carboxylic acids is 1. The molecule has 0 radical (unpaired) electrons. The summed E-state index contributed by atoms with van der Waals surface area (Å²) in [7, 11) is 3.75. The van der Waals surface area contributed by atoms with Gasteiger partial charge in [0.2, 0.25) is 5.91 Å². The molecule has 4 nitrogen and oxygen atoms in total. The number of hydrogen-bond acceptors (Lipinski definition) is 2. The first kappa shape index (κ1) is 18.4. The second kappa shape index (κ2) is 10.2. The van der Waals surface area contributed by atoms with Crippen LogP contribution >= 0.6 is 12.2 Å². The molecule has 0 aromatic heterocycles. The van der Waals surface area contributed by atoms with Crippen LogP contribution in [0.3, 0.4) is 0 Å². The van der Waals surface area contributed by atoms with Crippen LogP contribution in [0.2, 0.25) is 0 Å². The number of nitrogens with zero attached hydrogens (tertiary/aromatic N) is 2. The van der Waals surface area contributed by atoms with Gasteiger partial charge in [0, 0.05) is 39.8 Å². The van der Waals surface area contributed by atoms with E-state index in [0.29, 0.717) is 0 Å². The van der Waals surface area contributed by atoms with Crippen molar-refractivity contribution < 1.29 is 4.79 Å². The van der Waals surface area contributed by atoms with Crippen molar-refractivity contribution in [3.05, 3.63) is 30.3 Å². The minimum absolute atomic E-state index is 0.127. The second-order valence-corrected chi connectivity index (χ2v) is 4.73. The standard InChI is InChI=1S/C10H14N2S.C5H11NO/c1-3-12(2)10(13)11-9-7-5-4-6-8-9;1-4-6(3)5(2)7/h4-8H,3H2,1-2H3,(H,11,13);4H2,1-3H3. The van der Waals surface area contributed by atoms with Crippen molar-refractivity contribution in [2.24, 2.45) is 0 Å². The highest BCUT2D eigenvalue weighted by Gasteiger charge is 2.00. The van der Waals surface area contributed by atoms with Gasteiger partial charge in [-0.1, -0.05) is 18.2 Å². The first-order chi connectivity index (χ1) is 9.42. The van der Waals surface area contributed by atoms with Crippen LogP contribution in [0.5, 0.6) is 0 Å². The second-order valence-electron chi connectivity index (χ2n) is 4.34. The van der Waals surface area contributed by atoms with Gasteiger partial charge in [-0.05, 0) is 38.2 Å². The average molecular weight is 295 g/mol. The largest absolute Gasteiger partial charge is 0.352 e. The summed E-state index contributed by atoms with van der Waals surface area (Å²) in [5, 5.41) is 3.91. The third kappa shape index (κ3) is 7.74. The smallest absolute Gasteiger partial charge is 0.219 e. The van der Waals surface area contributed by atoms with Gasteiger partial charge in [0.25, 0.3) is 0 Å². The molecule has 0 aliphatic rings. The van der Waals surface area contributed by atoms with Gasteiger partial charge in [0.05, 0.1) is 0 Å². The topological polar surface area (TPSA) is 35.6 Å². The Kier molecular flexibility index (Phi) is 9.38. The average Bonchev–Trinajstić information content (AvgIpc) is 2.47. The van der Waals surface area contributed by atoms with Crippen molar-refractivity contribution in [2.45, 2.75) is 20.8 Å². The molecule has 20 heavy (non-hydrogen) atoms. The lowest BCUT2D eigenvalue weighted by molar-refractivity contribution is -0.127. The molecule has 0 heterocycles. The first-order valence-electron chi connectivity index (χ1n) is 6.71. The molecule has 112 valence electrons. The minimum Gasteiger partial charge on any atom is -0.352 e. The molecule has 0 saturated carbocycles. The maximum atomic E-state index is 10.3. The first-order valence-corrected chi connectivity index (χ1v) is 7.12. The van der Waals surface area contributed by atoms with E-state index in [0.717, 1.165) is 23.9 Å². The molecule has 0 atom stereocenters. The Bertz CT molecular complexity index is 409. The Morgan fingerprint density at radius 2 is 1.60 bits per heavy atom. The lowest BCUT2D eigenvalue weighted by Gasteiger charge is -2.18. The molecule has 1 amide bonds. The number of carbonyl (C=O) groups is 1. The van der Waals surface area contributed by atoms with E-state index in [9.17, 15) is 4.79 Å². The van der Waals surface area contributed by atoms with E-state index in [1.807, 2.05) is 49.2 Å². The molecule has 0 saturated heterocycles. The van der Waals surface area contributed by atoms with Crippen molar-refractivity contribution >= 4 is 28.9 Å². The highest BCUT2D eigenvalue weighted by molar-refractivity contribution is 7.80. The van der Waals surface area contributed by atoms with Crippen LogP contribution in [0.4, 0.5) is 5.69 Å². The van der Waals surface area contributed by atoms with Crippen molar-refractivity contribution in [2.75, 3.05) is 32.5 Å². The number of rotatable bonds is 3. The highest BCUT2D eigenvalue weighted by atomic mass is 32.1. The zero-order valence-corrected chi connectivity index (χ0v) is 13.8. The van der Waals surface area contributed by atoms with Crippen LogP contribution in [0.1, 0.15) is 20.8 Å². The number of amides is 1. The van der Waals surface area contributed by atoms with E-state index in [4.69, 9.17) is 12.2 Å². The summed E-state index contributed by atoms with van der Waals surface area (Å²) >= 11 is 5.17. The summed E-state index contributed by atoms with van der Waals surface area (Å²) in [5.41, 5.74) is 1.04. The maximum absolute atomic E-state index is 10.3. The molecule has 0 aliphatic carbocycles. The van der Waals surface area contributed by atoms with E-state index in [-0.39, 0.29) is 5.91 Å². The number of benzene rings is 1. The van der Waals surface area contributed by atoms with Crippen molar-refractivity contribution in [1.29, 1.82) is 0 Å². The Morgan fingerprint density at radius 3 is 1.95 bits per heavy atom. The van der Waals surface area contributed by atoms with Crippen molar-refractivity contribution in [3.8, 4) is 0 Å². The molecule has 0 spiro atoms. The predicted molar refractivity (Wildman–Crippen MR) is 90.0 cm³/mol. The SMILES string of the molecule is CCN(C)C(=S)Nc1ccccc1.CCN(C)C(C)=O. The van der Waals surface area contributed by atoms with Gasteiger partial charge in [-0.3, -0.25) is 4.79 Å². The Balaban J connectivity index is 0.000000441. The zero-order chi connectivity index (χ0) is 15.5. The predicted octanol–water partition coefficient (Wildman–Crippen LogP) is 2.82. The fourth-order valence-electron chi connectivity index (χ4n) is 1.11. The molecule has 1 rings (SSSR count). The van der Waals surface area contributed by atoms with E-state index in [1.165, 1.54) is 0 Å². The number of nitrogens with one attached hydrogen (secondary N) is 1. The van der Waals surface area contributed by atoms with Gasteiger partial charge in [0.15, 0.2) is 5.11 Å². The van der Waals surface area contributed by atoms with Crippen molar-refractivity contribution in [1.82, 2.24) is 9.80 Å². The minimum atomic E-state index is 0.127. The summed E-state index contributed by atoms with van der Waals surface area (Å²) in [4.78, 5) is 13.9. The van der Waals surface area contributed by atoms with Crippen LogP contribution in [-0.2, 0) is 4.79 Å². The van der Waals surface area contributed by atoms with Crippen LogP contribution in [0, 0.1) is 0 Å². The molecule has 5 heteroatoms. The van der Waals surface area contributed by atoms with E-state index in [2.05, 4.69) is 12.2 Å². The van der Waals surface area contributed by atoms with Gasteiger partial charge in [-0.15, -0.1) is 0 Å². The van der Waals surface area contributed by atoms with Crippen LogP contribution in [0.25, 0.3) is 0 Å². The van der Waals surface area contributed by atoms with E-state index in [1.54, 1.807) is 18.9 Å². The summed E-state index contributed by atoms with van der Waals surface area (Å²) in [6.45, 7) is 7.29. The van der Waals surface area contributed by atoms with Gasteiger partial charge >= 0.3 is 0 Å². The van der Waals surface area contributed by atoms with Crippen LogP contribution in [-0.4, -0.2) is 48.0 Å². The normalized spacial score (nSPS) is 9.05. The van der Waals surface area contributed by atoms with Crippen molar-refractivity contribution in [3.63, 3.8) is 0 Å². The molecule has 1 aromatic rings. The fraction of sp³-hybridized carbons (Fsp3) is 0.467. The maximum Gasteiger partial charge on any atom is 0.219 e. The molecule has 0 bridgehead atoms. The quantitative estimate of drug-likeness (QED) is 0.870. The lowest BCUT2D eigenvalue weighted by Crippen LogP contribution is -2.30. The van der Waals surface area contributed by atoms with Crippen LogP contribution in [0.15, 0.2) is 30.3 Å². The molecule has 0 aliphatic heterocycles. The number of anilines is 1. The molecule has 1 N–H and O–H groups in total. The molecule has 0 fully saturated rings. The lowest BCUT2D eigenvalue weighted by atomic mass is 10.3. The van der Waals surface area contributed by atoms with E-state index >= 15 is 0 Å². The Hall–Kier alpha value is -1.62. The third-order valence-electron chi connectivity index (χ3n) is 2.86. The number of thiocarbonyl (C=S) groups is 1. The molecular formula is C15H25N3OS. The van der Waals surface area contributed by atoms with Gasteiger partial charge in [-0.2, -0.15) is 0 Å². The monoisotopic (exact) mass is 295 g/mol. The summed E-state index contributed by atoms with van der Waals surface area (Å²) in [6.07, 6.45) is 0. The Morgan fingerprint density at radius 1 is 1.10 bits per heavy atom. The summed E-state index contributed by atoms with van der Waals surface area (Å²) in [5.74, 6) is 0.127. The molecule has 1 aromatic carbocycles. The number of para-hydroxylation sites is 1. The Labute approximate surface area is 127 Å². The summed E-state index contributed by atoms with van der Waals surface area (Å²) < 4.78 is 0. The van der Waals surface area contributed by atoms with Gasteiger partial charge < -0.3 is 15.1 Å². The van der Waals surface area contributed by atoms with Gasteiger partial charge in [-0.25, -0.2) is 0 Å². The summed E-state index contributed by atoms with van der Waals surface area (Å²) in [6, 6.07) is 9.94. The molecule has 0 unspecified atom stereocenters. The highest BCUT2D eigenvalue weighted by Crippen LogP contribution is 2.05. The molecular weight excluding hydrogens is 270 g/mol. The van der Waals surface area contributed by atoms with Crippen LogP contribution < -0.4 is 5.32 Å². The number of hydrogen-bond donors (Lipinski definition) is 1. The zero-order valence-electron chi connectivity index (χ0n) is 13.0. The fourth-order valence-corrected chi connectivity index (χ4v) is 1.35. The third-order valence-corrected chi connectivity index (χ3v) is 3.27. The van der Waals surface area contributed by atoms with E-state index < -0.39 is 0 Å². The van der Waals surface area contributed by atoms with Gasteiger partial charge in [0.1, 0.15) is 0 Å².